The van der Waals surface area contributed by atoms with Crippen LogP contribution >= 0.6 is 11.6 Å². The number of carbonyl (C=O) groups is 1. The summed E-state index contributed by atoms with van der Waals surface area (Å²) in [5, 5.41) is 6.94. The minimum atomic E-state index is -3.45. The smallest absolute Gasteiger partial charge is 0.293 e. The van der Waals surface area contributed by atoms with Gasteiger partial charge in [-0.25, -0.2) is 22.5 Å². The summed E-state index contributed by atoms with van der Waals surface area (Å²) < 4.78 is 88.2. The standard InChI is InChI=1S/C32H22ClF6N5O2/c33-16-5-7-19(8-6-16)44-30(41-23-4-2-1-3-20(23)31(44)46)24(11-15-9-17(34)12-18(35)10-15)40-25(45)14-43-28-26(27(42-43)29(36)37)21-13-22(21)32(28,38)39/h1-10,12,21-22,24,29H,11,13-14H2,(H,40,45)/t21-,22+,24-/m0/s1. The van der Waals surface area contributed by atoms with Crippen LogP contribution < -0.4 is 10.9 Å². The summed E-state index contributed by atoms with van der Waals surface area (Å²) in [5.74, 6) is -8.10. The molecule has 0 saturated heterocycles. The van der Waals surface area contributed by atoms with E-state index in [-0.39, 0.29) is 40.7 Å². The van der Waals surface area contributed by atoms with Crippen molar-refractivity contribution in [1.29, 1.82) is 0 Å². The van der Waals surface area contributed by atoms with Gasteiger partial charge in [0.05, 0.1) is 22.6 Å². The van der Waals surface area contributed by atoms with Gasteiger partial charge in [-0.2, -0.15) is 13.9 Å². The number of amides is 1. The Labute approximate surface area is 261 Å². The van der Waals surface area contributed by atoms with Crippen LogP contribution in [0.25, 0.3) is 16.6 Å². The maximum Gasteiger partial charge on any atom is 0.293 e. The molecule has 46 heavy (non-hydrogen) atoms. The molecule has 1 fully saturated rings. The van der Waals surface area contributed by atoms with Crippen molar-refractivity contribution in [2.75, 3.05) is 0 Å². The molecule has 0 bridgehead atoms. The molecule has 236 valence electrons. The molecular formula is C32H22ClF6N5O2. The number of nitrogens with zero attached hydrogens (tertiary/aromatic N) is 4. The maximum atomic E-state index is 15.1. The lowest BCUT2D eigenvalue weighted by atomic mass is 10.0. The first kappa shape index (κ1) is 30.0. The van der Waals surface area contributed by atoms with Crippen LogP contribution in [0.5, 0.6) is 0 Å². The molecule has 5 aromatic rings. The molecule has 3 aromatic carbocycles. The van der Waals surface area contributed by atoms with E-state index in [2.05, 4.69) is 15.4 Å². The van der Waals surface area contributed by atoms with Crippen molar-refractivity contribution in [2.45, 2.75) is 43.7 Å². The van der Waals surface area contributed by atoms with Gasteiger partial charge in [-0.1, -0.05) is 23.7 Å². The summed E-state index contributed by atoms with van der Waals surface area (Å²) in [6, 6.07) is 14.0. The normalized spacial score (nSPS) is 18.4. The average Bonchev–Trinajstić information content (AvgIpc) is 3.65. The van der Waals surface area contributed by atoms with Gasteiger partial charge in [0.1, 0.15) is 35.4 Å². The first-order valence-corrected chi connectivity index (χ1v) is 14.6. The van der Waals surface area contributed by atoms with Crippen LogP contribution in [0.2, 0.25) is 5.02 Å². The van der Waals surface area contributed by atoms with Crippen LogP contribution in [0.3, 0.4) is 0 Å². The Bertz CT molecular complexity index is 2060. The fourth-order valence-corrected chi connectivity index (χ4v) is 6.47. The summed E-state index contributed by atoms with van der Waals surface area (Å²) in [6.07, 6.45) is -3.36. The quantitative estimate of drug-likeness (QED) is 0.187. The monoisotopic (exact) mass is 657 g/mol. The third-order valence-corrected chi connectivity index (χ3v) is 8.61. The van der Waals surface area contributed by atoms with Gasteiger partial charge < -0.3 is 5.32 Å². The number of halogens is 7. The van der Waals surface area contributed by atoms with Crippen molar-refractivity contribution in [1.82, 2.24) is 24.6 Å². The van der Waals surface area contributed by atoms with E-state index in [4.69, 9.17) is 11.6 Å². The average molecular weight is 658 g/mol. The third-order valence-electron chi connectivity index (χ3n) is 8.36. The zero-order chi connectivity index (χ0) is 32.5. The molecule has 1 N–H and O–H groups in total. The molecule has 7 nitrogen and oxygen atoms in total. The second-order valence-electron chi connectivity index (χ2n) is 11.4. The summed E-state index contributed by atoms with van der Waals surface area (Å²) in [5.41, 5.74) is -1.62. The van der Waals surface area contributed by atoms with E-state index in [0.717, 1.165) is 12.1 Å². The van der Waals surface area contributed by atoms with Crippen LogP contribution in [0.1, 0.15) is 53.1 Å². The van der Waals surface area contributed by atoms with Crippen molar-refractivity contribution in [3.63, 3.8) is 0 Å². The highest BCUT2D eigenvalue weighted by atomic mass is 35.5. The Balaban J connectivity index is 1.33. The molecule has 1 amide bonds. The number of hydrogen-bond donors (Lipinski definition) is 1. The van der Waals surface area contributed by atoms with Gasteiger partial charge in [0.15, 0.2) is 0 Å². The summed E-state index contributed by atoms with van der Waals surface area (Å²) in [4.78, 5) is 32.1. The van der Waals surface area contributed by atoms with Crippen molar-refractivity contribution < 1.29 is 31.1 Å². The highest BCUT2D eigenvalue weighted by Crippen LogP contribution is 2.68. The maximum absolute atomic E-state index is 15.1. The van der Waals surface area contributed by atoms with E-state index in [9.17, 15) is 27.2 Å². The van der Waals surface area contributed by atoms with E-state index in [0.29, 0.717) is 21.5 Å². The molecule has 0 aliphatic heterocycles. The minimum absolute atomic E-state index is 0.0467. The summed E-state index contributed by atoms with van der Waals surface area (Å²) in [6.45, 7) is -0.864. The van der Waals surface area contributed by atoms with Crippen molar-refractivity contribution >= 4 is 28.4 Å². The molecule has 2 aliphatic rings. The zero-order valence-electron chi connectivity index (χ0n) is 23.5. The molecular weight excluding hydrogens is 636 g/mol. The molecule has 0 radical (unpaired) electrons. The van der Waals surface area contributed by atoms with Crippen LogP contribution in [0.15, 0.2) is 71.5 Å². The second-order valence-corrected chi connectivity index (χ2v) is 11.8. The molecule has 1 saturated carbocycles. The lowest BCUT2D eigenvalue weighted by Crippen LogP contribution is -2.38. The molecule has 14 heteroatoms. The number of para-hydroxylation sites is 1. The molecule has 7 rings (SSSR count). The molecule has 2 aliphatic carbocycles. The second kappa shape index (κ2) is 11.0. The molecule has 0 spiro atoms. The Morgan fingerprint density at radius 1 is 1.04 bits per heavy atom. The van der Waals surface area contributed by atoms with E-state index < -0.39 is 71.3 Å². The van der Waals surface area contributed by atoms with E-state index in [1.165, 1.54) is 28.8 Å². The summed E-state index contributed by atoms with van der Waals surface area (Å²) in [7, 11) is 0. The molecule has 0 unspecified atom stereocenters. The number of rotatable bonds is 8. The fourth-order valence-electron chi connectivity index (χ4n) is 6.35. The lowest BCUT2D eigenvalue weighted by Gasteiger charge is -2.23. The Morgan fingerprint density at radius 2 is 1.74 bits per heavy atom. The largest absolute Gasteiger partial charge is 0.344 e. The van der Waals surface area contributed by atoms with Crippen LogP contribution in [-0.2, 0) is 23.7 Å². The number of fused-ring (bicyclic) bond motifs is 4. The van der Waals surface area contributed by atoms with Gasteiger partial charge >= 0.3 is 0 Å². The molecule has 2 heterocycles. The Hall–Kier alpha value is -4.65. The van der Waals surface area contributed by atoms with Gasteiger partial charge in [-0.3, -0.25) is 18.8 Å². The minimum Gasteiger partial charge on any atom is -0.344 e. The highest BCUT2D eigenvalue weighted by Gasteiger charge is 2.67. The van der Waals surface area contributed by atoms with E-state index in [1.807, 2.05) is 0 Å². The van der Waals surface area contributed by atoms with Crippen molar-refractivity contribution in [3.8, 4) is 5.69 Å². The van der Waals surface area contributed by atoms with E-state index in [1.54, 1.807) is 24.3 Å². The summed E-state index contributed by atoms with van der Waals surface area (Å²) >= 11 is 6.07. The van der Waals surface area contributed by atoms with Crippen molar-refractivity contribution in [3.05, 3.63) is 122 Å². The first-order chi connectivity index (χ1) is 21.9. The predicted octanol–water partition coefficient (Wildman–Crippen LogP) is 6.76. The number of nitrogens with one attached hydrogen (secondary N) is 1. The first-order valence-electron chi connectivity index (χ1n) is 14.2. The van der Waals surface area contributed by atoms with Crippen LogP contribution in [0.4, 0.5) is 26.3 Å². The number of carbonyl (C=O) groups excluding carboxylic acids is 1. The Morgan fingerprint density at radius 3 is 2.43 bits per heavy atom. The molecule has 2 aromatic heterocycles. The number of aromatic nitrogens is 4. The SMILES string of the molecule is O=C(Cn1nc(C(F)F)c2c1C(F)(F)[C@@H]1C[C@H]21)N[C@@H](Cc1cc(F)cc(F)c1)c1nc2ccccc2c(=O)n1-c1ccc(Cl)cc1. The number of alkyl halides is 4. The van der Waals surface area contributed by atoms with Gasteiger partial charge in [0, 0.05) is 29.0 Å². The van der Waals surface area contributed by atoms with Gasteiger partial charge in [0.2, 0.25) is 5.91 Å². The van der Waals surface area contributed by atoms with Crippen LogP contribution in [-0.4, -0.2) is 25.2 Å². The van der Waals surface area contributed by atoms with Gasteiger partial charge in [0.25, 0.3) is 17.9 Å². The van der Waals surface area contributed by atoms with Gasteiger partial charge in [-0.15, -0.1) is 0 Å². The number of hydrogen-bond acceptors (Lipinski definition) is 4. The van der Waals surface area contributed by atoms with Gasteiger partial charge in [-0.05, 0) is 66.4 Å². The van der Waals surface area contributed by atoms with Crippen molar-refractivity contribution in [2.24, 2.45) is 5.92 Å². The zero-order valence-corrected chi connectivity index (χ0v) is 24.3. The Kier molecular flexibility index (Phi) is 7.18. The van der Waals surface area contributed by atoms with E-state index >= 15 is 8.78 Å². The fraction of sp³-hybridized carbons (Fsp3) is 0.250. The predicted molar refractivity (Wildman–Crippen MR) is 155 cm³/mol. The third kappa shape index (κ3) is 5.12. The van der Waals surface area contributed by atoms with Crippen LogP contribution in [0, 0.1) is 17.6 Å². The number of benzene rings is 3. The lowest BCUT2D eigenvalue weighted by molar-refractivity contribution is -0.123. The topological polar surface area (TPSA) is 81.8 Å². The highest BCUT2D eigenvalue weighted by molar-refractivity contribution is 6.30. The molecule has 3 atom stereocenters.